The Bertz CT molecular complexity index is 828. The number of aliphatic hydroxyl groups is 1. The zero-order chi connectivity index (χ0) is 24.6. The van der Waals surface area contributed by atoms with E-state index in [2.05, 4.69) is 15.2 Å². The van der Waals surface area contributed by atoms with Gasteiger partial charge >= 0.3 is 11.9 Å². The number of aliphatic hydroxyl groups excluding tert-OH is 1. The van der Waals surface area contributed by atoms with Crippen LogP contribution >= 0.6 is 0 Å². The van der Waals surface area contributed by atoms with Gasteiger partial charge in [0.1, 0.15) is 11.3 Å². The van der Waals surface area contributed by atoms with E-state index in [1.54, 1.807) is 27.7 Å². The van der Waals surface area contributed by atoms with Gasteiger partial charge in [-0.1, -0.05) is 6.92 Å². The van der Waals surface area contributed by atoms with Crippen molar-refractivity contribution in [1.29, 1.82) is 0 Å². The van der Waals surface area contributed by atoms with Crippen molar-refractivity contribution in [3.63, 3.8) is 0 Å². The maximum atomic E-state index is 12.7. The summed E-state index contributed by atoms with van der Waals surface area (Å²) in [6, 6.07) is 0. The standard InChI is InChI=1S/C23H37N3O7/c1-6-23(4,5)33-22(30)20-15(3)19(21(29)32-7-2)17(25-20)12-18(28)24-13-16(27)14-26-8-10-31-11-9-26/h16,25,27H,6-14H2,1-5H3,(H,24,28)/t16-/m0/s1. The van der Waals surface area contributed by atoms with Crippen molar-refractivity contribution >= 4 is 17.8 Å². The highest BCUT2D eigenvalue weighted by Crippen LogP contribution is 2.24. The molecule has 1 aromatic heterocycles. The second-order valence-electron chi connectivity index (χ2n) is 8.75. The van der Waals surface area contributed by atoms with Gasteiger partial charge in [0.15, 0.2) is 0 Å². The van der Waals surface area contributed by atoms with Gasteiger partial charge < -0.3 is 29.6 Å². The van der Waals surface area contributed by atoms with E-state index in [0.29, 0.717) is 31.7 Å². The van der Waals surface area contributed by atoms with Crippen LogP contribution in [0.15, 0.2) is 0 Å². The number of amides is 1. The van der Waals surface area contributed by atoms with Crippen LogP contribution in [0.5, 0.6) is 0 Å². The smallest absolute Gasteiger partial charge is 0.355 e. The molecule has 10 heteroatoms. The molecule has 1 amide bonds. The maximum absolute atomic E-state index is 12.7. The largest absolute Gasteiger partial charge is 0.462 e. The molecule has 1 fully saturated rings. The first kappa shape index (κ1) is 26.8. The van der Waals surface area contributed by atoms with Crippen LogP contribution in [0.4, 0.5) is 0 Å². The van der Waals surface area contributed by atoms with Crippen molar-refractivity contribution in [3.05, 3.63) is 22.5 Å². The minimum absolute atomic E-state index is 0.0736. The predicted molar refractivity (Wildman–Crippen MR) is 121 cm³/mol. The van der Waals surface area contributed by atoms with Crippen molar-refractivity contribution in [2.45, 2.75) is 59.2 Å². The summed E-state index contributed by atoms with van der Waals surface area (Å²) >= 11 is 0. The molecule has 0 saturated carbocycles. The highest BCUT2D eigenvalue weighted by Gasteiger charge is 2.29. The molecule has 3 N–H and O–H groups in total. The molecular weight excluding hydrogens is 430 g/mol. The van der Waals surface area contributed by atoms with Gasteiger partial charge in [-0.3, -0.25) is 9.69 Å². The van der Waals surface area contributed by atoms with Crippen molar-refractivity contribution in [2.75, 3.05) is 46.0 Å². The number of nitrogens with one attached hydrogen (secondary N) is 2. The third-order valence-electron chi connectivity index (χ3n) is 5.68. The third-order valence-corrected chi connectivity index (χ3v) is 5.68. The third kappa shape index (κ3) is 7.83. The molecule has 10 nitrogen and oxygen atoms in total. The van der Waals surface area contributed by atoms with E-state index < -0.39 is 29.6 Å². The van der Waals surface area contributed by atoms with Gasteiger partial charge in [0, 0.05) is 31.9 Å². The molecule has 2 heterocycles. The summed E-state index contributed by atoms with van der Waals surface area (Å²) < 4.78 is 16.0. The van der Waals surface area contributed by atoms with Gasteiger partial charge in [-0.15, -0.1) is 0 Å². The Morgan fingerprint density at radius 3 is 2.48 bits per heavy atom. The van der Waals surface area contributed by atoms with E-state index in [1.165, 1.54) is 0 Å². The first-order valence-electron chi connectivity index (χ1n) is 11.4. The van der Waals surface area contributed by atoms with E-state index in [4.69, 9.17) is 14.2 Å². The molecule has 1 saturated heterocycles. The van der Waals surface area contributed by atoms with Crippen LogP contribution < -0.4 is 5.32 Å². The Morgan fingerprint density at radius 1 is 1.21 bits per heavy atom. The zero-order valence-corrected chi connectivity index (χ0v) is 20.3. The Hall–Kier alpha value is -2.43. The average molecular weight is 468 g/mol. The molecule has 0 spiro atoms. The molecule has 33 heavy (non-hydrogen) atoms. The quantitative estimate of drug-likeness (QED) is 0.414. The second kappa shape index (κ2) is 12.2. The number of hydrogen-bond acceptors (Lipinski definition) is 8. The number of carbonyl (C=O) groups excluding carboxylic acids is 3. The van der Waals surface area contributed by atoms with Gasteiger partial charge in [-0.25, -0.2) is 9.59 Å². The zero-order valence-electron chi connectivity index (χ0n) is 20.3. The second-order valence-corrected chi connectivity index (χ2v) is 8.75. The molecular formula is C23H37N3O7. The lowest BCUT2D eigenvalue weighted by atomic mass is 10.1. The summed E-state index contributed by atoms with van der Waals surface area (Å²) in [5.74, 6) is -1.61. The Balaban J connectivity index is 2.09. The Morgan fingerprint density at radius 2 is 1.88 bits per heavy atom. The number of aromatic nitrogens is 1. The van der Waals surface area contributed by atoms with Crippen LogP contribution in [0.3, 0.4) is 0 Å². The fourth-order valence-electron chi connectivity index (χ4n) is 3.45. The van der Waals surface area contributed by atoms with Gasteiger partial charge in [0.2, 0.25) is 5.91 Å². The first-order chi connectivity index (χ1) is 15.6. The Labute approximate surface area is 194 Å². The van der Waals surface area contributed by atoms with Gasteiger partial charge in [-0.2, -0.15) is 0 Å². The summed E-state index contributed by atoms with van der Waals surface area (Å²) in [5, 5.41) is 12.9. The molecule has 0 unspecified atom stereocenters. The van der Waals surface area contributed by atoms with E-state index in [1.807, 2.05) is 6.92 Å². The summed E-state index contributed by atoms with van der Waals surface area (Å²) in [5.41, 5.74) is 0.247. The number of esters is 2. The number of aromatic amines is 1. The van der Waals surface area contributed by atoms with E-state index in [9.17, 15) is 19.5 Å². The molecule has 1 atom stereocenters. The van der Waals surface area contributed by atoms with Crippen molar-refractivity contribution in [1.82, 2.24) is 15.2 Å². The van der Waals surface area contributed by atoms with Crippen molar-refractivity contribution < 1.29 is 33.7 Å². The molecule has 186 valence electrons. The number of rotatable bonds is 11. The van der Waals surface area contributed by atoms with Crippen molar-refractivity contribution in [3.8, 4) is 0 Å². The van der Waals surface area contributed by atoms with Gasteiger partial charge in [-0.05, 0) is 39.7 Å². The fraction of sp³-hybridized carbons (Fsp3) is 0.696. The summed E-state index contributed by atoms with van der Waals surface area (Å²) in [6.07, 6.45) is -0.293. The molecule has 1 aromatic rings. The summed E-state index contributed by atoms with van der Waals surface area (Å²) in [7, 11) is 0. The first-order valence-corrected chi connectivity index (χ1v) is 11.4. The van der Waals surface area contributed by atoms with Crippen LogP contribution in [-0.4, -0.2) is 90.5 Å². The van der Waals surface area contributed by atoms with Crippen LogP contribution in [0.25, 0.3) is 0 Å². The lowest BCUT2D eigenvalue weighted by Gasteiger charge is -2.28. The SMILES string of the molecule is CCOC(=O)c1c(CC(=O)NC[C@H](O)CN2CCOCC2)[nH]c(C(=O)OC(C)(C)CC)c1C. The molecule has 0 aliphatic carbocycles. The minimum Gasteiger partial charge on any atom is -0.462 e. The molecule has 2 rings (SSSR count). The summed E-state index contributed by atoms with van der Waals surface area (Å²) in [4.78, 5) is 42.8. The van der Waals surface area contributed by atoms with Gasteiger partial charge in [0.25, 0.3) is 0 Å². The monoisotopic (exact) mass is 467 g/mol. The van der Waals surface area contributed by atoms with E-state index in [-0.39, 0.29) is 36.5 Å². The highest BCUT2D eigenvalue weighted by molar-refractivity contribution is 5.99. The van der Waals surface area contributed by atoms with Crippen molar-refractivity contribution in [2.24, 2.45) is 0 Å². The number of nitrogens with zero attached hydrogens (tertiary/aromatic N) is 1. The number of morpholine rings is 1. The summed E-state index contributed by atoms with van der Waals surface area (Å²) in [6.45, 7) is 12.2. The Kier molecular flexibility index (Phi) is 9.87. The van der Waals surface area contributed by atoms with Crippen LogP contribution in [-0.2, 0) is 25.4 Å². The number of carbonyl (C=O) groups is 3. The number of hydrogen-bond donors (Lipinski definition) is 3. The number of β-amino-alcohol motifs (C(OH)–C–C–N with tert-alkyl or cyclic N) is 1. The topological polar surface area (TPSA) is 130 Å². The maximum Gasteiger partial charge on any atom is 0.355 e. The van der Waals surface area contributed by atoms with Gasteiger partial charge in [0.05, 0.1) is 37.9 Å². The van der Waals surface area contributed by atoms with Crippen LogP contribution in [0.2, 0.25) is 0 Å². The van der Waals surface area contributed by atoms with Crippen LogP contribution in [0, 0.1) is 6.92 Å². The number of H-pyrrole nitrogens is 1. The predicted octanol–water partition coefficient (Wildman–Crippen LogP) is 1.20. The lowest BCUT2D eigenvalue weighted by molar-refractivity contribution is -0.121. The normalized spacial score (nSPS) is 15.7. The molecule has 1 aliphatic heterocycles. The molecule has 1 aliphatic rings. The fourth-order valence-corrected chi connectivity index (χ4v) is 3.45. The lowest BCUT2D eigenvalue weighted by Crippen LogP contribution is -2.44. The molecule has 0 aromatic carbocycles. The van der Waals surface area contributed by atoms with Crippen LogP contribution in [0.1, 0.15) is 66.2 Å². The average Bonchev–Trinajstić information content (AvgIpc) is 3.08. The molecule has 0 radical (unpaired) electrons. The highest BCUT2D eigenvalue weighted by atomic mass is 16.6. The minimum atomic E-state index is -0.733. The van der Waals surface area contributed by atoms with E-state index in [0.717, 1.165) is 13.1 Å². The molecule has 0 bridgehead atoms. The van der Waals surface area contributed by atoms with E-state index >= 15 is 0 Å². The number of ether oxygens (including phenoxy) is 3.